The standard InChI is InChI=1S/C19H18O/c20-18-12-11-17(14-18)19(16-9-5-2-6-10-16)13-15-7-3-1-4-8-15/h1-10,13,17H,11-12,14H2/b19-13+/t17-/m0/s1. The number of Topliss-reactive ketones (excluding diaryl/α,β-unsaturated/α-hetero) is 1. The molecule has 1 aliphatic rings. The molecule has 0 amide bonds. The van der Waals surface area contributed by atoms with Gasteiger partial charge in [-0.1, -0.05) is 66.7 Å². The molecular formula is C19H18O. The van der Waals surface area contributed by atoms with Crippen molar-refractivity contribution in [2.45, 2.75) is 19.3 Å². The lowest BCUT2D eigenvalue weighted by Crippen LogP contribution is -1.99. The first-order valence-electron chi connectivity index (χ1n) is 7.17. The summed E-state index contributed by atoms with van der Waals surface area (Å²) in [6, 6.07) is 20.8. The van der Waals surface area contributed by atoms with Crippen LogP contribution in [0.4, 0.5) is 0 Å². The predicted molar refractivity (Wildman–Crippen MR) is 83.1 cm³/mol. The number of carbonyl (C=O) groups excluding carboxylic acids is 1. The first-order chi connectivity index (χ1) is 9.83. The summed E-state index contributed by atoms with van der Waals surface area (Å²) in [6.07, 6.45) is 4.63. The molecule has 0 heterocycles. The molecule has 1 aliphatic carbocycles. The summed E-state index contributed by atoms with van der Waals surface area (Å²) in [5.41, 5.74) is 3.73. The minimum atomic E-state index is 0.366. The zero-order chi connectivity index (χ0) is 13.8. The van der Waals surface area contributed by atoms with Crippen molar-refractivity contribution in [3.05, 3.63) is 71.8 Å². The van der Waals surface area contributed by atoms with Crippen molar-refractivity contribution in [1.82, 2.24) is 0 Å². The fourth-order valence-electron chi connectivity index (χ4n) is 2.88. The average molecular weight is 262 g/mol. The van der Waals surface area contributed by atoms with E-state index >= 15 is 0 Å². The predicted octanol–water partition coefficient (Wildman–Crippen LogP) is 4.60. The van der Waals surface area contributed by atoms with Gasteiger partial charge in [-0.25, -0.2) is 0 Å². The highest BCUT2D eigenvalue weighted by Crippen LogP contribution is 2.36. The largest absolute Gasteiger partial charge is 0.300 e. The van der Waals surface area contributed by atoms with Gasteiger partial charge in [-0.2, -0.15) is 0 Å². The molecule has 1 heteroatoms. The van der Waals surface area contributed by atoms with Crippen LogP contribution in [0.25, 0.3) is 11.6 Å². The monoisotopic (exact) mass is 262 g/mol. The van der Waals surface area contributed by atoms with Gasteiger partial charge in [0.2, 0.25) is 0 Å². The number of rotatable bonds is 3. The van der Waals surface area contributed by atoms with Crippen LogP contribution in [0, 0.1) is 5.92 Å². The third-order valence-corrected chi connectivity index (χ3v) is 3.91. The molecule has 1 saturated carbocycles. The number of carbonyl (C=O) groups is 1. The van der Waals surface area contributed by atoms with Crippen LogP contribution in [0.5, 0.6) is 0 Å². The fraction of sp³-hybridized carbons (Fsp3) is 0.211. The zero-order valence-corrected chi connectivity index (χ0v) is 11.5. The summed E-state index contributed by atoms with van der Waals surface area (Å²) in [7, 11) is 0. The molecule has 0 unspecified atom stereocenters. The van der Waals surface area contributed by atoms with Crippen LogP contribution in [-0.2, 0) is 4.79 Å². The van der Waals surface area contributed by atoms with Crippen molar-refractivity contribution in [3.8, 4) is 0 Å². The van der Waals surface area contributed by atoms with E-state index in [1.54, 1.807) is 0 Å². The molecule has 20 heavy (non-hydrogen) atoms. The number of benzene rings is 2. The lowest BCUT2D eigenvalue weighted by molar-refractivity contribution is -0.117. The van der Waals surface area contributed by atoms with Gasteiger partial charge >= 0.3 is 0 Å². The molecule has 0 aromatic heterocycles. The Bertz CT molecular complexity index is 611. The van der Waals surface area contributed by atoms with Gasteiger partial charge in [0.25, 0.3) is 0 Å². The molecule has 1 atom stereocenters. The second kappa shape index (κ2) is 5.87. The van der Waals surface area contributed by atoms with Gasteiger partial charge in [0.1, 0.15) is 5.78 Å². The molecule has 2 aromatic rings. The number of allylic oxidation sites excluding steroid dienone is 1. The minimum absolute atomic E-state index is 0.366. The van der Waals surface area contributed by atoms with Crippen molar-refractivity contribution < 1.29 is 4.79 Å². The minimum Gasteiger partial charge on any atom is -0.300 e. The molecular weight excluding hydrogens is 244 g/mol. The maximum absolute atomic E-state index is 11.6. The molecule has 0 bridgehead atoms. The van der Waals surface area contributed by atoms with Crippen molar-refractivity contribution in [1.29, 1.82) is 0 Å². The van der Waals surface area contributed by atoms with Crippen LogP contribution in [-0.4, -0.2) is 5.78 Å². The zero-order valence-electron chi connectivity index (χ0n) is 11.5. The van der Waals surface area contributed by atoms with Gasteiger partial charge in [0.15, 0.2) is 0 Å². The average Bonchev–Trinajstić information content (AvgIpc) is 2.93. The van der Waals surface area contributed by atoms with E-state index in [9.17, 15) is 4.79 Å². The second-order valence-electron chi connectivity index (χ2n) is 5.35. The Morgan fingerprint density at radius 2 is 1.60 bits per heavy atom. The lowest BCUT2D eigenvalue weighted by Gasteiger charge is -2.15. The maximum Gasteiger partial charge on any atom is 0.133 e. The quantitative estimate of drug-likeness (QED) is 0.739. The summed E-state index contributed by atoms with van der Waals surface area (Å²) in [4.78, 5) is 11.6. The molecule has 0 N–H and O–H groups in total. The lowest BCUT2D eigenvalue weighted by atomic mass is 9.89. The molecule has 100 valence electrons. The van der Waals surface area contributed by atoms with Crippen molar-refractivity contribution in [3.63, 3.8) is 0 Å². The second-order valence-corrected chi connectivity index (χ2v) is 5.35. The van der Waals surface area contributed by atoms with E-state index in [2.05, 4.69) is 42.5 Å². The Morgan fingerprint density at radius 1 is 0.950 bits per heavy atom. The van der Waals surface area contributed by atoms with E-state index in [0.717, 1.165) is 12.8 Å². The van der Waals surface area contributed by atoms with E-state index in [1.165, 1.54) is 16.7 Å². The first-order valence-corrected chi connectivity index (χ1v) is 7.17. The van der Waals surface area contributed by atoms with Gasteiger partial charge in [-0.05, 0) is 29.0 Å². The summed E-state index contributed by atoms with van der Waals surface area (Å²) in [5, 5.41) is 0. The van der Waals surface area contributed by atoms with Crippen molar-refractivity contribution in [2.24, 2.45) is 5.92 Å². The van der Waals surface area contributed by atoms with Crippen molar-refractivity contribution >= 4 is 17.4 Å². The first kappa shape index (κ1) is 12.9. The van der Waals surface area contributed by atoms with E-state index in [4.69, 9.17) is 0 Å². The molecule has 0 spiro atoms. The summed E-state index contributed by atoms with van der Waals surface area (Å²) in [6.45, 7) is 0. The van der Waals surface area contributed by atoms with E-state index in [-0.39, 0.29) is 0 Å². The molecule has 1 fully saturated rings. The Morgan fingerprint density at radius 3 is 2.20 bits per heavy atom. The third kappa shape index (κ3) is 2.88. The molecule has 2 aromatic carbocycles. The summed E-state index contributed by atoms with van der Waals surface area (Å²) < 4.78 is 0. The number of ketones is 1. The highest BCUT2D eigenvalue weighted by molar-refractivity contribution is 5.89. The van der Waals surface area contributed by atoms with Crippen LogP contribution in [0.2, 0.25) is 0 Å². The van der Waals surface area contributed by atoms with Gasteiger partial charge in [-0.3, -0.25) is 4.79 Å². The van der Waals surface area contributed by atoms with Gasteiger partial charge in [0, 0.05) is 12.8 Å². The number of hydrogen-bond acceptors (Lipinski definition) is 1. The Labute approximate surface area is 120 Å². The van der Waals surface area contributed by atoms with Gasteiger partial charge < -0.3 is 0 Å². The van der Waals surface area contributed by atoms with Crippen LogP contribution in [0.15, 0.2) is 60.7 Å². The molecule has 1 nitrogen and oxygen atoms in total. The normalized spacial score (nSPS) is 19.3. The smallest absolute Gasteiger partial charge is 0.133 e. The van der Waals surface area contributed by atoms with Crippen LogP contribution >= 0.6 is 0 Å². The van der Waals surface area contributed by atoms with Crippen LogP contribution < -0.4 is 0 Å². The van der Waals surface area contributed by atoms with E-state index in [1.807, 2.05) is 24.3 Å². The van der Waals surface area contributed by atoms with E-state index in [0.29, 0.717) is 18.1 Å². The summed E-state index contributed by atoms with van der Waals surface area (Å²) >= 11 is 0. The van der Waals surface area contributed by atoms with Gasteiger partial charge in [-0.15, -0.1) is 0 Å². The SMILES string of the molecule is O=C1CC[C@H](/C(=C/c2ccccc2)c2ccccc2)C1. The molecule has 0 aliphatic heterocycles. The molecule has 3 rings (SSSR count). The highest BCUT2D eigenvalue weighted by atomic mass is 16.1. The van der Waals surface area contributed by atoms with E-state index < -0.39 is 0 Å². The van der Waals surface area contributed by atoms with Crippen LogP contribution in [0.3, 0.4) is 0 Å². The third-order valence-electron chi connectivity index (χ3n) is 3.91. The topological polar surface area (TPSA) is 17.1 Å². The molecule has 0 saturated heterocycles. The van der Waals surface area contributed by atoms with Gasteiger partial charge in [0.05, 0.1) is 0 Å². The summed E-state index contributed by atoms with van der Waals surface area (Å²) in [5.74, 6) is 0.759. The fourth-order valence-corrected chi connectivity index (χ4v) is 2.88. The Balaban J connectivity index is 2.00. The Kier molecular flexibility index (Phi) is 3.78. The highest BCUT2D eigenvalue weighted by Gasteiger charge is 2.25. The van der Waals surface area contributed by atoms with Crippen molar-refractivity contribution in [2.75, 3.05) is 0 Å². The molecule has 0 radical (unpaired) electrons. The number of hydrogen-bond donors (Lipinski definition) is 0. The Hall–Kier alpha value is -2.15. The van der Waals surface area contributed by atoms with Crippen LogP contribution in [0.1, 0.15) is 30.4 Å². The maximum atomic E-state index is 11.6.